The topological polar surface area (TPSA) is 188 Å². The lowest BCUT2D eigenvalue weighted by Crippen LogP contribution is -2.70. The number of thioether (sulfide) groups is 2. The predicted octanol–water partition coefficient (Wildman–Crippen LogP) is 0.761. The van der Waals surface area contributed by atoms with Crippen molar-refractivity contribution in [2.75, 3.05) is 11.5 Å². The number of tetrazole rings is 1. The number of thiocarbonyl (C=S) groups is 1. The molecule has 0 radical (unpaired) electrons. The molecule has 1 saturated heterocycles. The van der Waals surface area contributed by atoms with Gasteiger partial charge in [-0.15, -0.1) is 16.9 Å². The van der Waals surface area contributed by atoms with E-state index in [1.165, 1.54) is 45.2 Å². The van der Waals surface area contributed by atoms with E-state index in [2.05, 4.69) is 20.8 Å². The molecule has 0 aliphatic carbocycles. The number of carboxylic acids is 2. The number of amides is 3. The average Bonchev–Trinajstić information content (AvgIpc) is 3.47. The van der Waals surface area contributed by atoms with Gasteiger partial charge in [0.25, 0.3) is 17.7 Å². The Balaban J connectivity index is 1.17. The Kier molecular flexibility index (Phi) is 8.10. The maximum absolute atomic E-state index is 13.0. The Bertz CT molecular complexity index is 1470. The van der Waals surface area contributed by atoms with Crippen LogP contribution in [0.5, 0.6) is 0 Å². The molecule has 0 spiro atoms. The van der Waals surface area contributed by atoms with Gasteiger partial charge in [0.15, 0.2) is 0 Å². The van der Waals surface area contributed by atoms with E-state index in [1.54, 1.807) is 19.2 Å². The molecule has 1 aromatic carbocycles. The van der Waals surface area contributed by atoms with Gasteiger partial charge in [-0.2, -0.15) is 0 Å². The molecule has 0 saturated carbocycles. The van der Waals surface area contributed by atoms with Crippen LogP contribution in [0, 0.1) is 0 Å². The molecule has 3 aliphatic rings. The van der Waals surface area contributed by atoms with Crippen molar-refractivity contribution in [3.8, 4) is 0 Å². The summed E-state index contributed by atoms with van der Waals surface area (Å²) < 4.78 is 1.47. The van der Waals surface area contributed by atoms with Crippen molar-refractivity contribution in [2.24, 2.45) is 7.05 Å². The maximum Gasteiger partial charge on any atom is 0.352 e. The van der Waals surface area contributed by atoms with Crippen LogP contribution < -0.4 is 5.32 Å². The van der Waals surface area contributed by atoms with Crippen molar-refractivity contribution < 1.29 is 34.2 Å². The highest BCUT2D eigenvalue weighted by molar-refractivity contribution is 8.01. The van der Waals surface area contributed by atoms with Crippen LogP contribution in [-0.2, 0) is 21.4 Å². The van der Waals surface area contributed by atoms with E-state index >= 15 is 0 Å². The van der Waals surface area contributed by atoms with Crippen LogP contribution in [0.1, 0.15) is 40.0 Å². The van der Waals surface area contributed by atoms with E-state index in [4.69, 9.17) is 12.2 Å². The summed E-state index contributed by atoms with van der Waals surface area (Å²) in [5.74, 6) is -3.56. The largest absolute Gasteiger partial charge is 0.480 e. The minimum atomic E-state index is -1.36. The molecule has 0 bridgehead atoms. The highest BCUT2D eigenvalue weighted by Gasteiger charge is 2.53. The molecule has 5 rings (SSSR count). The predicted molar refractivity (Wildman–Crippen MR) is 149 cm³/mol. The standard InChI is InChI=1S/C24H23N7O7S3/c1-29-24(26-27-28-29)41-10-11-9-40-21-16(20(34)31(21)17(11)23(37)38)25-15(39)8-4-7-14(22(35)36)30-18(32)12-5-2-3-6-13(12)19(30)33/h2-3,5-6,14,16,21H,4,7-10H2,1H3,(H,25,39)(H,35,36)(H,37,38)/t14-,16?,21-/m1/s1. The number of aliphatic carboxylic acids is 2. The Morgan fingerprint density at radius 3 is 2.46 bits per heavy atom. The van der Waals surface area contributed by atoms with E-state index in [0.29, 0.717) is 27.2 Å². The maximum atomic E-state index is 13.0. The first-order valence-corrected chi connectivity index (χ1v) is 14.8. The van der Waals surface area contributed by atoms with Crippen molar-refractivity contribution in [2.45, 2.75) is 41.9 Å². The SMILES string of the molecule is Cn1nnnc1SCC1=C(C(=O)O)N2C(=O)C(NC(=S)CCC[C@H](C(=O)O)N3C(=O)c4ccccc4C3=O)[C@H]2SC1. The summed E-state index contributed by atoms with van der Waals surface area (Å²) in [4.78, 5) is 64.8. The van der Waals surface area contributed by atoms with Crippen LogP contribution >= 0.6 is 35.7 Å². The minimum Gasteiger partial charge on any atom is -0.480 e. The quantitative estimate of drug-likeness (QED) is 0.139. The third kappa shape index (κ3) is 5.31. The van der Waals surface area contributed by atoms with E-state index < -0.39 is 47.1 Å². The number of imide groups is 1. The summed E-state index contributed by atoms with van der Waals surface area (Å²) in [5.41, 5.74) is 0.854. The number of aromatic nitrogens is 4. The fourth-order valence-electron chi connectivity index (χ4n) is 4.85. The van der Waals surface area contributed by atoms with Gasteiger partial charge in [-0.3, -0.25) is 24.2 Å². The average molecular weight is 618 g/mol. The Morgan fingerprint density at radius 2 is 1.88 bits per heavy atom. The Morgan fingerprint density at radius 1 is 1.20 bits per heavy atom. The normalized spacial score (nSPS) is 20.5. The van der Waals surface area contributed by atoms with Crippen LogP contribution in [-0.4, -0.2) is 104 Å². The summed E-state index contributed by atoms with van der Waals surface area (Å²) in [5, 5.41) is 33.8. The van der Waals surface area contributed by atoms with Crippen molar-refractivity contribution in [3.63, 3.8) is 0 Å². The monoisotopic (exact) mass is 617 g/mol. The van der Waals surface area contributed by atoms with Crippen molar-refractivity contribution >= 4 is 70.4 Å². The summed E-state index contributed by atoms with van der Waals surface area (Å²) in [6.07, 6.45) is 0.412. The number of hydrogen-bond donors (Lipinski definition) is 3. The number of carboxylic acid groups (broad SMARTS) is 2. The molecule has 17 heteroatoms. The lowest BCUT2D eigenvalue weighted by Gasteiger charge is -2.49. The molecule has 14 nitrogen and oxygen atoms in total. The van der Waals surface area contributed by atoms with Gasteiger partial charge in [0.1, 0.15) is 23.2 Å². The minimum absolute atomic E-state index is 0.0283. The second-order valence-electron chi connectivity index (χ2n) is 9.36. The molecule has 41 heavy (non-hydrogen) atoms. The molecular weight excluding hydrogens is 595 g/mol. The second-order valence-corrected chi connectivity index (χ2v) is 11.9. The smallest absolute Gasteiger partial charge is 0.352 e. The number of β-lactam (4-membered cyclic amide) rings is 1. The molecule has 3 N–H and O–H groups in total. The highest BCUT2D eigenvalue weighted by Crippen LogP contribution is 2.41. The Hall–Kier alpha value is -3.83. The van der Waals surface area contributed by atoms with Gasteiger partial charge in [0, 0.05) is 18.6 Å². The zero-order valence-electron chi connectivity index (χ0n) is 21.4. The molecule has 3 amide bonds. The van der Waals surface area contributed by atoms with Crippen LogP contribution in [0.15, 0.2) is 40.7 Å². The van der Waals surface area contributed by atoms with Gasteiger partial charge in [0.05, 0.1) is 16.1 Å². The number of nitrogens with one attached hydrogen (secondary N) is 1. The molecule has 3 aliphatic heterocycles. The van der Waals surface area contributed by atoms with E-state index in [0.717, 1.165) is 4.90 Å². The number of nitrogens with zero attached hydrogens (tertiary/aromatic N) is 6. The first-order chi connectivity index (χ1) is 19.6. The van der Waals surface area contributed by atoms with Gasteiger partial charge in [0.2, 0.25) is 5.16 Å². The van der Waals surface area contributed by atoms with E-state index in [1.807, 2.05) is 0 Å². The van der Waals surface area contributed by atoms with Gasteiger partial charge < -0.3 is 15.5 Å². The van der Waals surface area contributed by atoms with Crippen LogP contribution in [0.25, 0.3) is 0 Å². The lowest BCUT2D eigenvalue weighted by atomic mass is 10.0. The van der Waals surface area contributed by atoms with Gasteiger partial charge >= 0.3 is 11.9 Å². The summed E-state index contributed by atoms with van der Waals surface area (Å²) in [6, 6.07) is 4.08. The first kappa shape index (κ1) is 28.7. The number of fused-ring (bicyclic) bond motifs is 2. The third-order valence-corrected chi connectivity index (χ3v) is 9.59. The van der Waals surface area contributed by atoms with Crippen molar-refractivity contribution in [1.29, 1.82) is 0 Å². The van der Waals surface area contributed by atoms with Gasteiger partial charge in [-0.1, -0.05) is 36.1 Å². The fraction of sp³-hybridized carbons (Fsp3) is 0.375. The third-order valence-electron chi connectivity index (χ3n) is 6.83. The van der Waals surface area contributed by atoms with Crippen molar-refractivity contribution in [1.82, 2.24) is 35.3 Å². The number of aryl methyl sites for hydroxylation is 1. The summed E-state index contributed by atoms with van der Waals surface area (Å²) in [6.45, 7) is 0. The van der Waals surface area contributed by atoms with E-state index in [9.17, 15) is 34.2 Å². The first-order valence-electron chi connectivity index (χ1n) is 12.3. The lowest BCUT2D eigenvalue weighted by molar-refractivity contribution is -0.148. The number of rotatable bonds is 11. The molecule has 1 aromatic heterocycles. The number of carbonyl (C=O) groups excluding carboxylic acids is 3. The highest BCUT2D eigenvalue weighted by atomic mass is 32.2. The zero-order chi connectivity index (χ0) is 29.4. The fourth-order valence-corrected chi connectivity index (χ4v) is 7.45. The number of hydrogen-bond acceptors (Lipinski definition) is 11. The van der Waals surface area contributed by atoms with Crippen LogP contribution in [0.4, 0.5) is 0 Å². The molecular formula is C24H23N7O7S3. The molecule has 214 valence electrons. The molecule has 1 unspecified atom stereocenters. The zero-order valence-corrected chi connectivity index (χ0v) is 23.9. The summed E-state index contributed by atoms with van der Waals surface area (Å²) in [7, 11) is 1.67. The van der Waals surface area contributed by atoms with E-state index in [-0.39, 0.29) is 36.1 Å². The van der Waals surface area contributed by atoms with Crippen LogP contribution in [0.2, 0.25) is 0 Å². The van der Waals surface area contributed by atoms with Crippen molar-refractivity contribution in [3.05, 3.63) is 46.7 Å². The second kappa shape index (κ2) is 11.6. The van der Waals surface area contributed by atoms with Gasteiger partial charge in [-0.05, 0) is 47.4 Å². The van der Waals surface area contributed by atoms with Gasteiger partial charge in [-0.25, -0.2) is 14.3 Å². The molecule has 3 atom stereocenters. The van der Waals surface area contributed by atoms with Crippen LogP contribution in [0.3, 0.4) is 0 Å². The molecule has 4 heterocycles. The summed E-state index contributed by atoms with van der Waals surface area (Å²) >= 11 is 8.08. The number of benzene rings is 1. The molecule has 1 fully saturated rings. The molecule has 2 aromatic rings. The Labute approximate surface area is 246 Å². The number of carbonyl (C=O) groups is 5.